The Kier molecular flexibility index (Phi) is 4.57. The fourth-order valence-corrected chi connectivity index (χ4v) is 2.82. The molecule has 2 aromatic carbocycles. The lowest BCUT2D eigenvalue weighted by atomic mass is 10.2. The summed E-state index contributed by atoms with van der Waals surface area (Å²) in [6.45, 7) is 0. The summed E-state index contributed by atoms with van der Waals surface area (Å²) in [4.78, 5) is 23.1. The monoisotopic (exact) mass is 396 g/mol. The molecular formula is C14H10Br2N2O2. The number of nitrogens with one attached hydrogen (secondary N) is 1. The van der Waals surface area contributed by atoms with Crippen molar-refractivity contribution in [1.29, 1.82) is 0 Å². The van der Waals surface area contributed by atoms with Crippen LogP contribution < -0.4 is 11.1 Å². The predicted molar refractivity (Wildman–Crippen MR) is 84.8 cm³/mol. The highest BCUT2D eigenvalue weighted by molar-refractivity contribution is 9.11. The van der Waals surface area contributed by atoms with Crippen LogP contribution >= 0.6 is 31.9 Å². The Morgan fingerprint density at radius 1 is 1.00 bits per heavy atom. The lowest BCUT2D eigenvalue weighted by molar-refractivity contribution is 0.0998. The second kappa shape index (κ2) is 6.19. The van der Waals surface area contributed by atoms with Crippen molar-refractivity contribution in [2.45, 2.75) is 0 Å². The topological polar surface area (TPSA) is 72.2 Å². The molecule has 4 nitrogen and oxygen atoms in total. The second-order valence-electron chi connectivity index (χ2n) is 4.02. The van der Waals surface area contributed by atoms with E-state index in [1.54, 1.807) is 42.5 Å². The maximum Gasteiger partial charge on any atom is 0.256 e. The van der Waals surface area contributed by atoms with Crippen molar-refractivity contribution in [3.05, 3.63) is 62.5 Å². The first kappa shape index (κ1) is 14.7. The van der Waals surface area contributed by atoms with E-state index in [1.807, 2.05) is 0 Å². The summed E-state index contributed by atoms with van der Waals surface area (Å²) in [6.07, 6.45) is 0. The first-order chi connectivity index (χ1) is 9.47. The number of hydrogen-bond donors (Lipinski definition) is 2. The first-order valence-electron chi connectivity index (χ1n) is 5.63. The van der Waals surface area contributed by atoms with Gasteiger partial charge in [-0.3, -0.25) is 9.59 Å². The molecule has 0 bridgehead atoms. The molecule has 0 aliphatic heterocycles. The molecule has 2 amide bonds. The van der Waals surface area contributed by atoms with Crippen LogP contribution in [0, 0.1) is 0 Å². The highest BCUT2D eigenvalue weighted by atomic mass is 79.9. The molecule has 2 aromatic rings. The number of halogens is 2. The van der Waals surface area contributed by atoms with Crippen LogP contribution in [0.5, 0.6) is 0 Å². The zero-order chi connectivity index (χ0) is 14.7. The Morgan fingerprint density at radius 3 is 2.20 bits per heavy atom. The summed E-state index contributed by atoms with van der Waals surface area (Å²) in [5.41, 5.74) is 6.66. The van der Waals surface area contributed by atoms with Gasteiger partial charge in [-0.15, -0.1) is 0 Å². The van der Waals surface area contributed by atoms with Gasteiger partial charge in [0.25, 0.3) is 5.91 Å². The van der Waals surface area contributed by atoms with Gasteiger partial charge in [0, 0.05) is 20.2 Å². The number of nitrogens with two attached hydrogens (primary N) is 1. The largest absolute Gasteiger partial charge is 0.366 e. The van der Waals surface area contributed by atoms with Gasteiger partial charge >= 0.3 is 0 Å². The molecule has 0 aromatic heterocycles. The van der Waals surface area contributed by atoms with Crippen molar-refractivity contribution in [2.75, 3.05) is 5.32 Å². The molecule has 0 fully saturated rings. The SMILES string of the molecule is NC(=O)c1ccc(NC(=O)c2ccc(Br)cc2Br)cc1. The van der Waals surface area contributed by atoms with Gasteiger partial charge in [-0.2, -0.15) is 0 Å². The fraction of sp³-hybridized carbons (Fsp3) is 0. The summed E-state index contributed by atoms with van der Waals surface area (Å²) in [5, 5.41) is 2.75. The number of anilines is 1. The maximum absolute atomic E-state index is 12.1. The number of benzene rings is 2. The smallest absolute Gasteiger partial charge is 0.256 e. The van der Waals surface area contributed by atoms with E-state index in [1.165, 1.54) is 0 Å². The van der Waals surface area contributed by atoms with Crippen LogP contribution in [-0.2, 0) is 0 Å². The third-order valence-corrected chi connectivity index (χ3v) is 3.75. The van der Waals surface area contributed by atoms with Crippen LogP contribution in [0.4, 0.5) is 5.69 Å². The average molecular weight is 398 g/mol. The fourth-order valence-electron chi connectivity index (χ4n) is 1.59. The van der Waals surface area contributed by atoms with Crippen LogP contribution in [-0.4, -0.2) is 11.8 Å². The van der Waals surface area contributed by atoms with E-state index >= 15 is 0 Å². The molecule has 3 N–H and O–H groups in total. The molecule has 0 saturated heterocycles. The Bertz CT molecular complexity index is 669. The van der Waals surface area contributed by atoms with E-state index in [9.17, 15) is 9.59 Å². The van der Waals surface area contributed by atoms with Crippen molar-refractivity contribution < 1.29 is 9.59 Å². The molecule has 0 radical (unpaired) electrons. The third-order valence-electron chi connectivity index (χ3n) is 2.60. The molecular weight excluding hydrogens is 388 g/mol. The van der Waals surface area contributed by atoms with Crippen LogP contribution in [0.1, 0.15) is 20.7 Å². The Morgan fingerprint density at radius 2 is 1.65 bits per heavy atom. The maximum atomic E-state index is 12.1. The Labute approximate surface area is 132 Å². The van der Waals surface area contributed by atoms with Crippen molar-refractivity contribution in [2.24, 2.45) is 5.73 Å². The molecule has 6 heteroatoms. The molecule has 20 heavy (non-hydrogen) atoms. The van der Waals surface area contributed by atoms with Crippen LogP contribution in [0.2, 0.25) is 0 Å². The third kappa shape index (κ3) is 3.46. The number of carbonyl (C=O) groups is 2. The van der Waals surface area contributed by atoms with E-state index < -0.39 is 5.91 Å². The van der Waals surface area contributed by atoms with E-state index in [-0.39, 0.29) is 5.91 Å². The average Bonchev–Trinajstić information content (AvgIpc) is 2.39. The molecule has 0 aliphatic carbocycles. The summed E-state index contributed by atoms with van der Waals surface area (Å²) in [6, 6.07) is 11.7. The van der Waals surface area contributed by atoms with Gasteiger partial charge in [-0.1, -0.05) is 15.9 Å². The van der Waals surface area contributed by atoms with Crippen molar-refractivity contribution in [3.63, 3.8) is 0 Å². The van der Waals surface area contributed by atoms with E-state index in [0.717, 1.165) is 4.47 Å². The zero-order valence-corrected chi connectivity index (χ0v) is 13.4. The summed E-state index contributed by atoms with van der Waals surface area (Å²) in [7, 11) is 0. The van der Waals surface area contributed by atoms with E-state index in [2.05, 4.69) is 37.2 Å². The molecule has 0 saturated carbocycles. The molecule has 0 atom stereocenters. The van der Waals surface area contributed by atoms with Crippen LogP contribution in [0.3, 0.4) is 0 Å². The number of amides is 2. The van der Waals surface area contributed by atoms with Gasteiger partial charge in [0.1, 0.15) is 0 Å². The van der Waals surface area contributed by atoms with Crippen LogP contribution in [0.15, 0.2) is 51.4 Å². The van der Waals surface area contributed by atoms with Crippen molar-refractivity contribution in [1.82, 2.24) is 0 Å². The minimum atomic E-state index is -0.501. The molecule has 0 spiro atoms. The van der Waals surface area contributed by atoms with Gasteiger partial charge in [-0.05, 0) is 58.4 Å². The second-order valence-corrected chi connectivity index (χ2v) is 5.79. The molecule has 102 valence electrons. The Balaban J connectivity index is 2.17. The first-order valence-corrected chi connectivity index (χ1v) is 7.22. The number of rotatable bonds is 3. The molecule has 2 rings (SSSR count). The lowest BCUT2D eigenvalue weighted by Crippen LogP contribution is -2.13. The quantitative estimate of drug-likeness (QED) is 0.830. The van der Waals surface area contributed by atoms with Crippen molar-refractivity contribution >= 4 is 49.4 Å². The minimum Gasteiger partial charge on any atom is -0.366 e. The standard InChI is InChI=1S/C14H10Br2N2O2/c15-9-3-6-11(12(16)7-9)14(20)18-10-4-1-8(2-5-10)13(17)19/h1-7H,(H2,17,19)(H,18,20). The van der Waals surface area contributed by atoms with Gasteiger partial charge in [0.15, 0.2) is 0 Å². The summed E-state index contributed by atoms with van der Waals surface area (Å²) in [5.74, 6) is -0.741. The Hall–Kier alpha value is -1.66. The van der Waals surface area contributed by atoms with Gasteiger partial charge < -0.3 is 11.1 Å². The minimum absolute atomic E-state index is 0.240. The molecule has 0 aliphatic rings. The number of hydrogen-bond acceptors (Lipinski definition) is 2. The molecule has 0 heterocycles. The van der Waals surface area contributed by atoms with E-state index in [0.29, 0.717) is 21.3 Å². The summed E-state index contributed by atoms with van der Waals surface area (Å²) < 4.78 is 1.57. The van der Waals surface area contributed by atoms with Gasteiger partial charge in [0.2, 0.25) is 5.91 Å². The van der Waals surface area contributed by atoms with Crippen LogP contribution in [0.25, 0.3) is 0 Å². The predicted octanol–water partition coefficient (Wildman–Crippen LogP) is 3.56. The van der Waals surface area contributed by atoms with Gasteiger partial charge in [0.05, 0.1) is 5.56 Å². The summed E-state index contributed by atoms with van der Waals surface area (Å²) >= 11 is 6.67. The van der Waals surface area contributed by atoms with Gasteiger partial charge in [-0.25, -0.2) is 0 Å². The highest BCUT2D eigenvalue weighted by Crippen LogP contribution is 2.23. The lowest BCUT2D eigenvalue weighted by Gasteiger charge is -2.07. The molecule has 0 unspecified atom stereocenters. The number of primary amides is 1. The normalized spacial score (nSPS) is 10.1. The zero-order valence-electron chi connectivity index (χ0n) is 10.2. The highest BCUT2D eigenvalue weighted by Gasteiger charge is 2.10. The van der Waals surface area contributed by atoms with Crippen molar-refractivity contribution in [3.8, 4) is 0 Å². The number of carbonyl (C=O) groups excluding carboxylic acids is 2. The van der Waals surface area contributed by atoms with E-state index in [4.69, 9.17) is 5.73 Å².